The number of benzene rings is 1. The lowest BCUT2D eigenvalue weighted by Crippen LogP contribution is -2.48. The predicted molar refractivity (Wildman–Crippen MR) is 73.6 cm³/mol. The molecule has 1 aromatic carbocycles. The Hall–Kier alpha value is -1.39. The van der Waals surface area contributed by atoms with E-state index in [1.807, 2.05) is 37.1 Å². The lowest BCUT2D eigenvalue weighted by Gasteiger charge is -2.27. The van der Waals surface area contributed by atoms with Crippen molar-refractivity contribution in [1.82, 2.24) is 4.90 Å². The minimum Gasteiger partial charge on any atom is -0.328 e. The van der Waals surface area contributed by atoms with Gasteiger partial charge in [-0.1, -0.05) is 12.1 Å². The summed E-state index contributed by atoms with van der Waals surface area (Å²) in [5.41, 5.74) is 7.88. The molecule has 0 aliphatic carbocycles. The van der Waals surface area contributed by atoms with Crippen molar-refractivity contribution in [3.05, 3.63) is 29.8 Å². The van der Waals surface area contributed by atoms with Crippen LogP contribution in [0.1, 0.15) is 12.0 Å². The summed E-state index contributed by atoms with van der Waals surface area (Å²) < 4.78 is 0. The largest absolute Gasteiger partial charge is 0.328 e. The summed E-state index contributed by atoms with van der Waals surface area (Å²) in [6, 6.07) is 7.87. The quantitative estimate of drug-likeness (QED) is 0.848. The predicted octanol–water partition coefficient (Wildman–Crippen LogP) is 0.991. The summed E-state index contributed by atoms with van der Waals surface area (Å²) in [4.78, 5) is 16.4. The van der Waals surface area contributed by atoms with E-state index in [0.717, 1.165) is 25.2 Å². The van der Waals surface area contributed by atoms with E-state index in [1.165, 1.54) is 5.56 Å². The maximum Gasteiger partial charge on any atom is 0.245 e. The molecule has 1 saturated heterocycles. The molecule has 18 heavy (non-hydrogen) atoms. The molecule has 1 aromatic rings. The van der Waals surface area contributed by atoms with Crippen LogP contribution in [0, 0.1) is 6.92 Å². The van der Waals surface area contributed by atoms with Crippen molar-refractivity contribution in [3.63, 3.8) is 0 Å². The molecule has 1 amide bonds. The second kappa shape index (κ2) is 5.50. The van der Waals surface area contributed by atoms with Crippen molar-refractivity contribution in [2.45, 2.75) is 19.4 Å². The number of nitrogens with two attached hydrogens (primary N) is 1. The number of likely N-dealkylation sites (N-methyl/N-ethyl adjacent to an activating group) is 1. The Morgan fingerprint density at radius 2 is 2.17 bits per heavy atom. The zero-order chi connectivity index (χ0) is 13.1. The highest BCUT2D eigenvalue weighted by atomic mass is 16.2. The Kier molecular flexibility index (Phi) is 3.99. The molecular formula is C14H21N3O. The Labute approximate surface area is 108 Å². The second-order valence-electron chi connectivity index (χ2n) is 4.91. The Bertz CT molecular complexity index is 433. The van der Waals surface area contributed by atoms with Crippen LogP contribution in [0.15, 0.2) is 24.3 Å². The number of anilines is 1. The highest BCUT2D eigenvalue weighted by Crippen LogP contribution is 2.20. The summed E-state index contributed by atoms with van der Waals surface area (Å²) in [5, 5.41) is 0. The zero-order valence-electron chi connectivity index (χ0n) is 11.1. The van der Waals surface area contributed by atoms with Gasteiger partial charge >= 0.3 is 0 Å². The van der Waals surface area contributed by atoms with Crippen LogP contribution in [-0.2, 0) is 4.79 Å². The number of rotatable bonds is 2. The fourth-order valence-electron chi connectivity index (χ4n) is 2.45. The van der Waals surface area contributed by atoms with Gasteiger partial charge in [-0.25, -0.2) is 0 Å². The highest BCUT2D eigenvalue weighted by molar-refractivity contribution is 5.97. The van der Waals surface area contributed by atoms with E-state index >= 15 is 0 Å². The molecule has 0 aromatic heterocycles. The van der Waals surface area contributed by atoms with Crippen LogP contribution in [-0.4, -0.2) is 43.5 Å². The average Bonchev–Trinajstić information content (AvgIpc) is 2.48. The first-order valence-corrected chi connectivity index (χ1v) is 6.42. The first-order chi connectivity index (χ1) is 8.63. The van der Waals surface area contributed by atoms with Gasteiger partial charge in [0.05, 0.1) is 0 Å². The van der Waals surface area contributed by atoms with Crippen molar-refractivity contribution in [2.24, 2.45) is 5.73 Å². The molecule has 1 heterocycles. The van der Waals surface area contributed by atoms with Gasteiger partial charge in [-0.3, -0.25) is 9.69 Å². The SMILES string of the molecule is Cc1cccc(N2CCCN(C)C(CN)C2=O)c1. The maximum atomic E-state index is 12.5. The molecule has 1 atom stereocenters. The van der Waals surface area contributed by atoms with E-state index in [9.17, 15) is 4.79 Å². The third-order valence-electron chi connectivity index (χ3n) is 3.51. The van der Waals surface area contributed by atoms with Crippen LogP contribution in [0.25, 0.3) is 0 Å². The monoisotopic (exact) mass is 247 g/mol. The van der Waals surface area contributed by atoms with Crippen LogP contribution < -0.4 is 10.6 Å². The Balaban J connectivity index is 2.29. The summed E-state index contributed by atoms with van der Waals surface area (Å²) >= 11 is 0. The molecule has 4 heteroatoms. The van der Waals surface area contributed by atoms with E-state index < -0.39 is 0 Å². The number of aryl methyl sites for hydroxylation is 1. The Morgan fingerprint density at radius 1 is 1.39 bits per heavy atom. The lowest BCUT2D eigenvalue weighted by atomic mass is 10.1. The van der Waals surface area contributed by atoms with Gasteiger partial charge in [-0.2, -0.15) is 0 Å². The maximum absolute atomic E-state index is 12.5. The molecule has 1 aliphatic rings. The second-order valence-corrected chi connectivity index (χ2v) is 4.91. The summed E-state index contributed by atoms with van der Waals surface area (Å²) in [7, 11) is 1.97. The molecular weight excluding hydrogens is 226 g/mol. The van der Waals surface area contributed by atoms with Gasteiger partial charge in [0.2, 0.25) is 5.91 Å². The Morgan fingerprint density at radius 3 is 2.83 bits per heavy atom. The number of hydrogen-bond donors (Lipinski definition) is 1. The summed E-state index contributed by atoms with van der Waals surface area (Å²) in [6.07, 6.45) is 0.979. The topological polar surface area (TPSA) is 49.6 Å². The van der Waals surface area contributed by atoms with Gasteiger partial charge in [0.1, 0.15) is 6.04 Å². The van der Waals surface area contributed by atoms with E-state index in [2.05, 4.69) is 11.0 Å². The van der Waals surface area contributed by atoms with Gasteiger partial charge in [0.15, 0.2) is 0 Å². The fraction of sp³-hybridized carbons (Fsp3) is 0.500. The van der Waals surface area contributed by atoms with Crippen LogP contribution in [0.2, 0.25) is 0 Å². The van der Waals surface area contributed by atoms with Crippen LogP contribution in [0.4, 0.5) is 5.69 Å². The average molecular weight is 247 g/mol. The number of amides is 1. The van der Waals surface area contributed by atoms with Gasteiger partial charge in [-0.05, 0) is 38.1 Å². The molecule has 0 saturated carbocycles. The molecule has 0 bridgehead atoms. The van der Waals surface area contributed by atoms with E-state index in [1.54, 1.807) is 0 Å². The molecule has 4 nitrogen and oxygen atoms in total. The van der Waals surface area contributed by atoms with Crippen molar-refractivity contribution in [1.29, 1.82) is 0 Å². The molecule has 1 fully saturated rings. The van der Waals surface area contributed by atoms with Crippen molar-refractivity contribution < 1.29 is 4.79 Å². The molecule has 0 spiro atoms. The number of hydrogen-bond acceptors (Lipinski definition) is 3. The molecule has 1 aliphatic heterocycles. The van der Waals surface area contributed by atoms with Crippen LogP contribution in [0.3, 0.4) is 0 Å². The number of carbonyl (C=O) groups is 1. The summed E-state index contributed by atoms with van der Waals surface area (Å²) in [5.74, 6) is 0.114. The van der Waals surface area contributed by atoms with Crippen molar-refractivity contribution in [2.75, 3.05) is 31.6 Å². The normalized spacial score (nSPS) is 22.1. The third-order valence-corrected chi connectivity index (χ3v) is 3.51. The standard InChI is InChI=1S/C14H21N3O/c1-11-5-3-6-12(9-11)17-8-4-7-16(2)13(10-15)14(17)18/h3,5-6,9,13H,4,7-8,10,15H2,1-2H3. The van der Waals surface area contributed by atoms with Gasteiger partial charge in [-0.15, -0.1) is 0 Å². The van der Waals surface area contributed by atoms with Gasteiger partial charge in [0.25, 0.3) is 0 Å². The first-order valence-electron chi connectivity index (χ1n) is 6.42. The third kappa shape index (κ3) is 2.54. The molecule has 2 N–H and O–H groups in total. The van der Waals surface area contributed by atoms with E-state index in [-0.39, 0.29) is 11.9 Å². The van der Waals surface area contributed by atoms with Crippen molar-refractivity contribution in [3.8, 4) is 0 Å². The van der Waals surface area contributed by atoms with E-state index in [0.29, 0.717) is 6.54 Å². The van der Waals surface area contributed by atoms with E-state index in [4.69, 9.17) is 5.73 Å². The summed E-state index contributed by atoms with van der Waals surface area (Å²) in [6.45, 7) is 4.09. The molecule has 98 valence electrons. The number of carbonyl (C=O) groups excluding carboxylic acids is 1. The number of nitrogens with zero attached hydrogens (tertiary/aromatic N) is 2. The lowest BCUT2D eigenvalue weighted by molar-refractivity contribution is -0.122. The molecule has 0 radical (unpaired) electrons. The van der Waals surface area contributed by atoms with Crippen LogP contribution in [0.5, 0.6) is 0 Å². The minimum atomic E-state index is -0.201. The molecule has 2 rings (SSSR count). The van der Waals surface area contributed by atoms with Crippen LogP contribution >= 0.6 is 0 Å². The smallest absolute Gasteiger partial charge is 0.245 e. The fourth-order valence-corrected chi connectivity index (χ4v) is 2.45. The first kappa shape index (κ1) is 13.1. The van der Waals surface area contributed by atoms with Gasteiger partial charge < -0.3 is 10.6 Å². The van der Waals surface area contributed by atoms with Gasteiger partial charge in [0, 0.05) is 25.3 Å². The molecule has 1 unspecified atom stereocenters. The zero-order valence-corrected chi connectivity index (χ0v) is 11.1. The highest BCUT2D eigenvalue weighted by Gasteiger charge is 2.30. The minimum absolute atomic E-state index is 0.114. The van der Waals surface area contributed by atoms with Crippen molar-refractivity contribution >= 4 is 11.6 Å².